The molecule has 1 aliphatic rings. The van der Waals surface area contributed by atoms with Crippen LogP contribution in [0.25, 0.3) is 0 Å². The molecule has 1 aromatic heterocycles. The summed E-state index contributed by atoms with van der Waals surface area (Å²) in [4.78, 5) is 8.28. The van der Waals surface area contributed by atoms with Gasteiger partial charge in [0.05, 0.1) is 5.60 Å². The van der Waals surface area contributed by atoms with Crippen LogP contribution in [0.1, 0.15) is 26.2 Å². The molecule has 1 aromatic rings. The van der Waals surface area contributed by atoms with Gasteiger partial charge >= 0.3 is 0 Å². The monoisotopic (exact) mass is 251 g/mol. The lowest BCUT2D eigenvalue weighted by Gasteiger charge is -2.40. The van der Waals surface area contributed by atoms with Crippen LogP contribution < -0.4 is 16.4 Å². The Balaban J connectivity index is 2.00. The minimum atomic E-state index is -0.0297. The Morgan fingerprint density at radius 1 is 1.33 bits per heavy atom. The van der Waals surface area contributed by atoms with Gasteiger partial charge in [-0.15, -0.1) is 0 Å². The Hall–Kier alpha value is -1.56. The van der Waals surface area contributed by atoms with Gasteiger partial charge in [-0.2, -0.15) is 9.97 Å². The van der Waals surface area contributed by atoms with Crippen molar-refractivity contribution in [3.63, 3.8) is 0 Å². The van der Waals surface area contributed by atoms with Crippen LogP contribution in [-0.2, 0) is 4.74 Å². The van der Waals surface area contributed by atoms with E-state index in [1.54, 1.807) is 7.11 Å². The van der Waals surface area contributed by atoms with Crippen molar-refractivity contribution in [3.8, 4) is 0 Å². The van der Waals surface area contributed by atoms with E-state index in [4.69, 9.17) is 10.5 Å². The molecule has 2 rings (SSSR count). The average Bonchev–Trinajstić information content (AvgIpc) is 2.28. The molecule has 18 heavy (non-hydrogen) atoms. The van der Waals surface area contributed by atoms with Crippen molar-refractivity contribution in [2.24, 2.45) is 0 Å². The molecule has 1 fully saturated rings. The molecule has 0 spiro atoms. The number of anilines is 3. The number of methoxy groups -OCH3 is 1. The van der Waals surface area contributed by atoms with Crippen LogP contribution in [0.2, 0.25) is 0 Å². The molecule has 6 heteroatoms. The summed E-state index contributed by atoms with van der Waals surface area (Å²) < 4.78 is 5.55. The molecule has 4 N–H and O–H groups in total. The summed E-state index contributed by atoms with van der Waals surface area (Å²) in [6.07, 6.45) is 3.42. The fourth-order valence-electron chi connectivity index (χ4n) is 2.10. The minimum absolute atomic E-state index is 0.0297. The molecule has 0 bridgehead atoms. The van der Waals surface area contributed by atoms with Crippen molar-refractivity contribution < 1.29 is 4.74 Å². The molecule has 1 aliphatic carbocycles. The quantitative estimate of drug-likeness (QED) is 0.710. The molecule has 0 aliphatic heterocycles. The number of hydrogen-bond acceptors (Lipinski definition) is 6. The highest BCUT2D eigenvalue weighted by molar-refractivity contribution is 5.51. The standard InChI is InChI=1S/C12H21N5O/c1-3-14-9-7-10(17-11(13)16-9)15-8-12(18-2)5-4-6-12/h7H,3-6,8H2,1-2H3,(H4,13,14,15,16,17). The van der Waals surface area contributed by atoms with Gasteiger partial charge in [-0.05, 0) is 26.2 Å². The Kier molecular flexibility index (Phi) is 3.86. The van der Waals surface area contributed by atoms with E-state index in [-0.39, 0.29) is 11.5 Å². The molecule has 6 nitrogen and oxygen atoms in total. The van der Waals surface area contributed by atoms with Crippen LogP contribution >= 0.6 is 0 Å². The number of aromatic nitrogens is 2. The van der Waals surface area contributed by atoms with E-state index in [9.17, 15) is 0 Å². The smallest absolute Gasteiger partial charge is 0.223 e. The summed E-state index contributed by atoms with van der Waals surface area (Å²) in [5.74, 6) is 1.75. The van der Waals surface area contributed by atoms with Gasteiger partial charge in [-0.1, -0.05) is 0 Å². The van der Waals surface area contributed by atoms with Crippen molar-refractivity contribution in [1.29, 1.82) is 0 Å². The summed E-state index contributed by atoms with van der Waals surface area (Å²) in [6, 6.07) is 1.86. The molecule has 0 unspecified atom stereocenters. The molecule has 1 heterocycles. The molecule has 0 atom stereocenters. The lowest BCUT2D eigenvalue weighted by atomic mass is 9.80. The highest BCUT2D eigenvalue weighted by atomic mass is 16.5. The third kappa shape index (κ3) is 2.81. The summed E-state index contributed by atoms with van der Waals surface area (Å²) in [6.45, 7) is 3.57. The lowest BCUT2D eigenvalue weighted by Crippen LogP contribution is -2.45. The first-order chi connectivity index (χ1) is 8.67. The first kappa shape index (κ1) is 12.9. The molecular weight excluding hydrogens is 230 g/mol. The fraction of sp³-hybridized carbons (Fsp3) is 0.667. The van der Waals surface area contributed by atoms with Crippen LogP contribution in [0.4, 0.5) is 17.6 Å². The largest absolute Gasteiger partial charge is 0.376 e. The summed E-state index contributed by atoms with van der Waals surface area (Å²) in [5, 5.41) is 6.41. The van der Waals surface area contributed by atoms with E-state index in [1.165, 1.54) is 6.42 Å². The van der Waals surface area contributed by atoms with Crippen molar-refractivity contribution in [2.45, 2.75) is 31.8 Å². The second kappa shape index (κ2) is 5.39. The number of ether oxygens (including phenoxy) is 1. The van der Waals surface area contributed by atoms with Gasteiger partial charge in [0.1, 0.15) is 11.6 Å². The van der Waals surface area contributed by atoms with Crippen LogP contribution in [0.15, 0.2) is 6.07 Å². The van der Waals surface area contributed by atoms with E-state index in [0.29, 0.717) is 0 Å². The molecule has 0 aromatic carbocycles. The van der Waals surface area contributed by atoms with Crippen molar-refractivity contribution >= 4 is 17.6 Å². The third-order valence-corrected chi connectivity index (χ3v) is 3.39. The summed E-state index contributed by atoms with van der Waals surface area (Å²) in [7, 11) is 1.76. The van der Waals surface area contributed by atoms with E-state index < -0.39 is 0 Å². The second-order valence-corrected chi connectivity index (χ2v) is 4.62. The minimum Gasteiger partial charge on any atom is -0.376 e. The zero-order valence-electron chi connectivity index (χ0n) is 11.0. The first-order valence-corrected chi connectivity index (χ1v) is 6.35. The number of rotatable bonds is 6. The highest BCUT2D eigenvalue weighted by Gasteiger charge is 2.36. The van der Waals surface area contributed by atoms with Crippen LogP contribution in [0, 0.1) is 0 Å². The van der Waals surface area contributed by atoms with Gasteiger partial charge < -0.3 is 21.1 Å². The molecule has 1 saturated carbocycles. The number of hydrogen-bond donors (Lipinski definition) is 3. The first-order valence-electron chi connectivity index (χ1n) is 6.35. The Bertz CT molecular complexity index is 400. The van der Waals surface area contributed by atoms with Gasteiger partial charge in [0.15, 0.2) is 0 Å². The zero-order valence-corrected chi connectivity index (χ0v) is 11.0. The van der Waals surface area contributed by atoms with E-state index in [0.717, 1.165) is 37.6 Å². The Labute approximate surface area is 107 Å². The summed E-state index contributed by atoms with van der Waals surface area (Å²) >= 11 is 0. The molecule has 0 saturated heterocycles. The maximum atomic E-state index is 5.67. The summed E-state index contributed by atoms with van der Waals surface area (Å²) in [5.41, 5.74) is 5.64. The van der Waals surface area contributed by atoms with Crippen molar-refractivity contribution in [2.75, 3.05) is 36.6 Å². The number of nitrogens with two attached hydrogens (primary N) is 1. The number of nitrogens with zero attached hydrogens (tertiary/aromatic N) is 2. The number of nitrogen functional groups attached to an aromatic ring is 1. The average molecular weight is 251 g/mol. The SMILES string of the molecule is CCNc1cc(NCC2(OC)CCC2)nc(N)n1. The van der Waals surface area contributed by atoms with E-state index in [2.05, 4.69) is 20.6 Å². The predicted octanol–water partition coefficient (Wildman–Crippen LogP) is 1.47. The van der Waals surface area contributed by atoms with Crippen molar-refractivity contribution in [1.82, 2.24) is 9.97 Å². The predicted molar refractivity (Wildman–Crippen MR) is 72.7 cm³/mol. The highest BCUT2D eigenvalue weighted by Crippen LogP contribution is 2.35. The Morgan fingerprint density at radius 3 is 2.50 bits per heavy atom. The van der Waals surface area contributed by atoms with E-state index in [1.807, 2.05) is 13.0 Å². The molecule has 0 amide bonds. The van der Waals surface area contributed by atoms with Gasteiger partial charge in [0, 0.05) is 26.3 Å². The van der Waals surface area contributed by atoms with Crippen molar-refractivity contribution in [3.05, 3.63) is 6.07 Å². The van der Waals surface area contributed by atoms with Gasteiger partial charge in [-0.25, -0.2) is 0 Å². The zero-order chi connectivity index (χ0) is 13.0. The maximum absolute atomic E-state index is 5.67. The van der Waals surface area contributed by atoms with Crippen LogP contribution in [0.5, 0.6) is 0 Å². The van der Waals surface area contributed by atoms with Gasteiger partial charge in [0.25, 0.3) is 0 Å². The molecular formula is C12H21N5O. The normalized spacial score (nSPS) is 17.0. The van der Waals surface area contributed by atoms with Crippen LogP contribution in [0.3, 0.4) is 0 Å². The topological polar surface area (TPSA) is 85.1 Å². The van der Waals surface area contributed by atoms with Gasteiger partial charge in [0.2, 0.25) is 5.95 Å². The third-order valence-electron chi connectivity index (χ3n) is 3.39. The fourth-order valence-corrected chi connectivity index (χ4v) is 2.10. The lowest BCUT2D eigenvalue weighted by molar-refractivity contribution is -0.0601. The maximum Gasteiger partial charge on any atom is 0.223 e. The molecule has 100 valence electrons. The van der Waals surface area contributed by atoms with E-state index >= 15 is 0 Å². The number of nitrogens with one attached hydrogen (secondary N) is 2. The van der Waals surface area contributed by atoms with Gasteiger partial charge in [-0.3, -0.25) is 0 Å². The Morgan fingerprint density at radius 2 is 2.00 bits per heavy atom. The molecule has 0 radical (unpaired) electrons. The van der Waals surface area contributed by atoms with Crippen LogP contribution in [-0.4, -0.2) is 35.8 Å². The second-order valence-electron chi connectivity index (χ2n) is 4.62.